The Kier molecular flexibility index (Phi) is 5.61. The van der Waals surface area contributed by atoms with Gasteiger partial charge in [0.2, 0.25) is 5.91 Å². The Balaban J connectivity index is 1.56. The Morgan fingerprint density at radius 3 is 2.40 bits per heavy atom. The molecule has 0 atom stereocenters. The molecule has 3 rings (SSSR count). The molecule has 1 aliphatic rings. The van der Waals surface area contributed by atoms with E-state index in [0.717, 1.165) is 10.7 Å². The number of carbonyl (C=O) groups is 2. The smallest absolute Gasteiger partial charge is 0.254 e. The van der Waals surface area contributed by atoms with Gasteiger partial charge in [0, 0.05) is 37.1 Å². The van der Waals surface area contributed by atoms with Crippen LogP contribution in [-0.2, 0) is 11.2 Å². The van der Waals surface area contributed by atoms with Crippen molar-refractivity contribution in [1.29, 1.82) is 0 Å². The summed E-state index contributed by atoms with van der Waals surface area (Å²) in [5, 5.41) is 3.66. The lowest BCUT2D eigenvalue weighted by Crippen LogP contribution is -2.51. The molecule has 1 aromatic carbocycles. The summed E-state index contributed by atoms with van der Waals surface area (Å²) in [5.74, 6) is -0.0484. The molecule has 2 heterocycles. The van der Waals surface area contributed by atoms with E-state index in [1.807, 2.05) is 12.3 Å². The van der Waals surface area contributed by atoms with Gasteiger partial charge in [-0.1, -0.05) is 23.2 Å². The van der Waals surface area contributed by atoms with Crippen molar-refractivity contribution in [3.8, 4) is 0 Å². The number of benzene rings is 1. The van der Waals surface area contributed by atoms with Crippen molar-refractivity contribution in [2.45, 2.75) is 13.3 Å². The third kappa shape index (κ3) is 4.32. The third-order valence-corrected chi connectivity index (χ3v) is 5.65. The number of hydrogen-bond acceptors (Lipinski definition) is 4. The van der Waals surface area contributed by atoms with Crippen LogP contribution in [0.5, 0.6) is 0 Å². The van der Waals surface area contributed by atoms with Crippen LogP contribution in [0, 0.1) is 6.92 Å². The third-order valence-electron chi connectivity index (χ3n) is 4.09. The number of halogens is 2. The van der Waals surface area contributed by atoms with E-state index < -0.39 is 0 Å². The molecule has 0 aliphatic carbocycles. The van der Waals surface area contributed by atoms with Crippen molar-refractivity contribution in [1.82, 2.24) is 14.8 Å². The van der Waals surface area contributed by atoms with Crippen LogP contribution in [-0.4, -0.2) is 52.8 Å². The number of aromatic nitrogens is 1. The van der Waals surface area contributed by atoms with Crippen molar-refractivity contribution < 1.29 is 9.59 Å². The van der Waals surface area contributed by atoms with Crippen molar-refractivity contribution in [3.05, 3.63) is 49.9 Å². The second-order valence-electron chi connectivity index (χ2n) is 5.84. The van der Waals surface area contributed by atoms with E-state index in [4.69, 9.17) is 23.2 Å². The minimum Gasteiger partial charge on any atom is -0.339 e. The van der Waals surface area contributed by atoms with Crippen LogP contribution in [0.25, 0.3) is 0 Å². The Bertz CT molecular complexity index is 801. The van der Waals surface area contributed by atoms with Crippen molar-refractivity contribution in [2.75, 3.05) is 26.2 Å². The average Bonchev–Trinajstić information content (AvgIpc) is 3.01. The summed E-state index contributed by atoms with van der Waals surface area (Å²) in [6, 6.07) is 4.86. The summed E-state index contributed by atoms with van der Waals surface area (Å²) < 4.78 is 0. The summed E-state index contributed by atoms with van der Waals surface area (Å²) in [4.78, 5) is 32.8. The first-order chi connectivity index (χ1) is 11.9. The molecule has 1 aliphatic heterocycles. The number of thiazole rings is 1. The highest BCUT2D eigenvalue weighted by Gasteiger charge is 2.25. The summed E-state index contributed by atoms with van der Waals surface area (Å²) in [6.45, 7) is 3.97. The van der Waals surface area contributed by atoms with Gasteiger partial charge in [0.1, 0.15) is 0 Å². The standard InChI is InChI=1S/C17H17Cl2N3O2S/c1-11-20-13(10-25-11)9-16(23)21-4-6-22(7-5-21)17(24)12-2-3-14(18)15(19)8-12/h2-3,8,10H,4-7,9H2,1H3. The fourth-order valence-corrected chi connectivity index (χ4v) is 3.64. The number of amides is 2. The van der Waals surface area contributed by atoms with E-state index in [1.54, 1.807) is 39.3 Å². The number of piperazine rings is 1. The molecular formula is C17H17Cl2N3O2S. The van der Waals surface area contributed by atoms with E-state index in [2.05, 4.69) is 4.98 Å². The summed E-state index contributed by atoms with van der Waals surface area (Å²) in [7, 11) is 0. The van der Waals surface area contributed by atoms with E-state index in [-0.39, 0.29) is 11.8 Å². The Morgan fingerprint density at radius 1 is 1.12 bits per heavy atom. The van der Waals surface area contributed by atoms with E-state index >= 15 is 0 Å². The number of aryl methyl sites for hydroxylation is 1. The number of rotatable bonds is 3. The quantitative estimate of drug-likeness (QED) is 0.798. The minimum absolute atomic E-state index is 0.0481. The first kappa shape index (κ1) is 18.2. The van der Waals surface area contributed by atoms with Crippen molar-refractivity contribution in [3.63, 3.8) is 0 Å². The topological polar surface area (TPSA) is 53.5 Å². The molecule has 1 fully saturated rings. The fourth-order valence-electron chi connectivity index (χ4n) is 2.73. The van der Waals surface area contributed by atoms with Crippen LogP contribution >= 0.6 is 34.5 Å². The second kappa shape index (κ2) is 7.72. The van der Waals surface area contributed by atoms with Crippen LogP contribution in [0.4, 0.5) is 0 Å². The van der Waals surface area contributed by atoms with Crippen LogP contribution < -0.4 is 0 Å². The van der Waals surface area contributed by atoms with Gasteiger partial charge in [-0.05, 0) is 25.1 Å². The van der Waals surface area contributed by atoms with Gasteiger partial charge < -0.3 is 9.80 Å². The highest BCUT2D eigenvalue weighted by molar-refractivity contribution is 7.09. The maximum atomic E-state index is 12.5. The molecule has 0 radical (unpaired) electrons. The molecule has 5 nitrogen and oxygen atoms in total. The molecule has 8 heteroatoms. The second-order valence-corrected chi connectivity index (χ2v) is 7.71. The number of nitrogens with zero attached hydrogens (tertiary/aromatic N) is 3. The van der Waals surface area contributed by atoms with Crippen LogP contribution in [0.1, 0.15) is 21.1 Å². The Morgan fingerprint density at radius 2 is 1.80 bits per heavy atom. The Labute approximate surface area is 160 Å². The summed E-state index contributed by atoms with van der Waals surface area (Å²) >= 11 is 13.4. The highest BCUT2D eigenvalue weighted by Crippen LogP contribution is 2.23. The van der Waals surface area contributed by atoms with E-state index in [9.17, 15) is 9.59 Å². The van der Waals surface area contributed by atoms with Crippen LogP contribution in [0.2, 0.25) is 10.0 Å². The SMILES string of the molecule is Cc1nc(CC(=O)N2CCN(C(=O)c3ccc(Cl)c(Cl)c3)CC2)cs1. The first-order valence-electron chi connectivity index (χ1n) is 7.87. The van der Waals surface area contributed by atoms with Gasteiger partial charge in [-0.25, -0.2) is 4.98 Å². The van der Waals surface area contributed by atoms with Gasteiger partial charge in [0.15, 0.2) is 0 Å². The molecular weight excluding hydrogens is 381 g/mol. The highest BCUT2D eigenvalue weighted by atomic mass is 35.5. The largest absolute Gasteiger partial charge is 0.339 e. The zero-order valence-electron chi connectivity index (χ0n) is 13.7. The van der Waals surface area contributed by atoms with E-state index in [0.29, 0.717) is 48.2 Å². The van der Waals surface area contributed by atoms with Gasteiger partial charge in [0.25, 0.3) is 5.91 Å². The molecule has 0 bridgehead atoms. The molecule has 0 N–H and O–H groups in total. The predicted molar refractivity (Wildman–Crippen MR) is 99.5 cm³/mol. The normalized spacial score (nSPS) is 14.7. The predicted octanol–water partition coefficient (Wildman–Crippen LogP) is 3.29. The molecule has 2 amide bonds. The number of carbonyl (C=O) groups excluding carboxylic acids is 2. The van der Waals surface area contributed by atoms with Gasteiger partial charge in [-0.15, -0.1) is 11.3 Å². The van der Waals surface area contributed by atoms with Crippen molar-refractivity contribution >= 4 is 46.4 Å². The molecule has 0 saturated carbocycles. The minimum atomic E-state index is -0.0965. The molecule has 0 spiro atoms. The van der Waals surface area contributed by atoms with Gasteiger partial charge in [-0.2, -0.15) is 0 Å². The lowest BCUT2D eigenvalue weighted by molar-refractivity contribution is -0.132. The van der Waals surface area contributed by atoms with Gasteiger partial charge in [0.05, 0.1) is 27.2 Å². The summed E-state index contributed by atoms with van der Waals surface area (Å²) in [6.07, 6.45) is 0.311. The zero-order valence-corrected chi connectivity index (χ0v) is 16.0. The fraction of sp³-hybridized carbons (Fsp3) is 0.353. The molecule has 0 unspecified atom stereocenters. The molecule has 1 aromatic heterocycles. The van der Waals surface area contributed by atoms with E-state index in [1.165, 1.54) is 0 Å². The molecule has 2 aromatic rings. The maximum absolute atomic E-state index is 12.5. The molecule has 1 saturated heterocycles. The van der Waals surface area contributed by atoms with Gasteiger partial charge in [-0.3, -0.25) is 9.59 Å². The summed E-state index contributed by atoms with van der Waals surface area (Å²) in [5.41, 5.74) is 1.31. The maximum Gasteiger partial charge on any atom is 0.254 e. The van der Waals surface area contributed by atoms with Gasteiger partial charge >= 0.3 is 0 Å². The molecule has 132 valence electrons. The number of hydrogen-bond donors (Lipinski definition) is 0. The monoisotopic (exact) mass is 397 g/mol. The zero-order chi connectivity index (χ0) is 18.0. The van der Waals surface area contributed by atoms with Crippen LogP contribution in [0.15, 0.2) is 23.6 Å². The molecule has 25 heavy (non-hydrogen) atoms. The van der Waals surface area contributed by atoms with Crippen LogP contribution in [0.3, 0.4) is 0 Å². The Hall–Kier alpha value is -1.63. The van der Waals surface area contributed by atoms with Crippen molar-refractivity contribution in [2.24, 2.45) is 0 Å². The average molecular weight is 398 g/mol. The lowest BCUT2D eigenvalue weighted by atomic mass is 10.1. The first-order valence-corrected chi connectivity index (χ1v) is 9.50. The lowest BCUT2D eigenvalue weighted by Gasteiger charge is -2.34.